The second-order valence-electron chi connectivity index (χ2n) is 4.96. The van der Waals surface area contributed by atoms with E-state index in [1.54, 1.807) is 0 Å². The molecular weight excluding hydrogens is 288 g/mol. The van der Waals surface area contributed by atoms with E-state index in [4.69, 9.17) is 9.73 Å². The van der Waals surface area contributed by atoms with E-state index in [2.05, 4.69) is 35.2 Å². The zero-order valence-corrected chi connectivity index (χ0v) is 13.2. The quantitative estimate of drug-likeness (QED) is 0.854. The Morgan fingerprint density at radius 3 is 2.85 bits per heavy atom. The molecule has 0 N–H and O–H groups in total. The van der Waals surface area contributed by atoms with Crippen molar-refractivity contribution in [2.75, 3.05) is 38.6 Å². The summed E-state index contributed by atoms with van der Waals surface area (Å²) in [6.45, 7) is 4.64. The fraction of sp³-hybridized carbons (Fsp3) is 0.533. The molecule has 5 heteroatoms. The molecule has 0 spiro atoms. The largest absolute Gasteiger partial charge is 0.378 e. The Balaban J connectivity index is 1.38. The van der Waals surface area contributed by atoms with E-state index in [-0.39, 0.29) is 0 Å². The minimum absolute atomic E-state index is 0.640. The Kier molecular flexibility index (Phi) is 5.28. The van der Waals surface area contributed by atoms with E-state index in [1.807, 2.05) is 23.5 Å². The first-order valence-electron chi connectivity index (χ1n) is 7.07. The van der Waals surface area contributed by atoms with Gasteiger partial charge in [0, 0.05) is 29.8 Å². The van der Waals surface area contributed by atoms with Crippen molar-refractivity contribution in [1.82, 2.24) is 4.90 Å². The zero-order valence-electron chi connectivity index (χ0n) is 11.5. The fourth-order valence-corrected chi connectivity index (χ4v) is 4.70. The molecule has 0 radical (unpaired) electrons. The number of morpholine rings is 1. The number of aliphatic imine (C=N–C) groups is 1. The lowest BCUT2D eigenvalue weighted by atomic mass is 10.2. The Hall–Kier alpha value is -0.650. The zero-order chi connectivity index (χ0) is 13.6. The van der Waals surface area contributed by atoms with Crippen LogP contribution in [-0.2, 0) is 10.5 Å². The number of benzene rings is 1. The van der Waals surface area contributed by atoms with Gasteiger partial charge in [0.2, 0.25) is 0 Å². The van der Waals surface area contributed by atoms with E-state index >= 15 is 0 Å². The molecular formula is C15H20N2OS2. The number of ether oxygens (including phenoxy) is 1. The summed E-state index contributed by atoms with van der Waals surface area (Å²) in [5.74, 6) is 2.28. The number of thioether (sulfide) groups is 2. The van der Waals surface area contributed by atoms with Crippen LogP contribution < -0.4 is 0 Å². The molecule has 3 nitrogen and oxygen atoms in total. The Morgan fingerprint density at radius 1 is 1.25 bits per heavy atom. The maximum atomic E-state index is 5.39. The lowest BCUT2D eigenvalue weighted by Gasteiger charge is -2.28. The second kappa shape index (κ2) is 7.38. The third-order valence-corrected chi connectivity index (χ3v) is 6.03. The summed E-state index contributed by atoms with van der Waals surface area (Å²) >= 11 is 3.97. The van der Waals surface area contributed by atoms with Gasteiger partial charge < -0.3 is 9.64 Å². The van der Waals surface area contributed by atoms with Crippen molar-refractivity contribution in [3.8, 4) is 0 Å². The molecule has 20 heavy (non-hydrogen) atoms. The van der Waals surface area contributed by atoms with Gasteiger partial charge in [-0.25, -0.2) is 0 Å². The van der Waals surface area contributed by atoms with E-state index in [9.17, 15) is 0 Å². The van der Waals surface area contributed by atoms with Crippen molar-refractivity contribution in [2.24, 2.45) is 4.99 Å². The molecule has 1 saturated heterocycles. The molecule has 0 saturated carbocycles. The van der Waals surface area contributed by atoms with Crippen molar-refractivity contribution < 1.29 is 4.74 Å². The Morgan fingerprint density at radius 2 is 2.05 bits per heavy atom. The molecule has 0 bridgehead atoms. The molecule has 2 heterocycles. The van der Waals surface area contributed by atoms with Gasteiger partial charge in [0.05, 0.1) is 19.8 Å². The van der Waals surface area contributed by atoms with Crippen LogP contribution in [0.2, 0.25) is 0 Å². The summed E-state index contributed by atoms with van der Waals surface area (Å²) in [5, 5.41) is 1.88. The van der Waals surface area contributed by atoms with Gasteiger partial charge in [0.25, 0.3) is 0 Å². The van der Waals surface area contributed by atoms with Crippen molar-refractivity contribution >= 4 is 28.7 Å². The summed E-state index contributed by atoms with van der Waals surface area (Å²) in [5.41, 5.74) is 1.41. The minimum Gasteiger partial charge on any atom is -0.378 e. The molecule has 0 amide bonds. The highest BCUT2D eigenvalue weighted by Gasteiger charge is 2.24. The molecule has 2 aliphatic rings. The lowest BCUT2D eigenvalue weighted by molar-refractivity contribution is 0.0693. The minimum atomic E-state index is 0.640. The SMILES string of the molecule is c1ccc(CSC[C@@H]2CN=C(N3CCOCC3)S2)cc1. The van der Waals surface area contributed by atoms with E-state index in [0.717, 1.165) is 38.6 Å². The number of amidine groups is 1. The van der Waals surface area contributed by atoms with E-state index in [1.165, 1.54) is 16.5 Å². The monoisotopic (exact) mass is 308 g/mol. The van der Waals surface area contributed by atoms with Crippen molar-refractivity contribution in [3.63, 3.8) is 0 Å². The molecule has 1 aromatic carbocycles. The van der Waals surface area contributed by atoms with Gasteiger partial charge in [-0.1, -0.05) is 42.1 Å². The van der Waals surface area contributed by atoms with Crippen LogP contribution in [0.4, 0.5) is 0 Å². The fourth-order valence-electron chi connectivity index (χ4n) is 2.30. The molecule has 1 atom stereocenters. The van der Waals surface area contributed by atoms with Crippen LogP contribution in [0, 0.1) is 0 Å². The molecule has 1 fully saturated rings. The predicted octanol–water partition coefficient (Wildman–Crippen LogP) is 2.72. The molecule has 1 aromatic rings. The van der Waals surface area contributed by atoms with Crippen molar-refractivity contribution in [2.45, 2.75) is 11.0 Å². The van der Waals surface area contributed by atoms with Crippen LogP contribution >= 0.6 is 23.5 Å². The third kappa shape index (κ3) is 3.93. The Bertz CT molecular complexity index is 446. The molecule has 3 rings (SSSR count). The van der Waals surface area contributed by atoms with Crippen molar-refractivity contribution in [1.29, 1.82) is 0 Å². The average Bonchev–Trinajstić information content (AvgIpc) is 2.98. The van der Waals surface area contributed by atoms with Gasteiger partial charge in [-0.3, -0.25) is 4.99 Å². The van der Waals surface area contributed by atoms with Gasteiger partial charge in [-0.15, -0.1) is 0 Å². The smallest absolute Gasteiger partial charge is 0.159 e. The number of hydrogen-bond donors (Lipinski definition) is 0. The number of rotatable bonds is 4. The van der Waals surface area contributed by atoms with Crippen LogP contribution in [0.5, 0.6) is 0 Å². The molecule has 108 valence electrons. The highest BCUT2D eigenvalue weighted by molar-refractivity contribution is 8.15. The van der Waals surface area contributed by atoms with Gasteiger partial charge in [-0.2, -0.15) is 11.8 Å². The van der Waals surface area contributed by atoms with Gasteiger partial charge >= 0.3 is 0 Å². The van der Waals surface area contributed by atoms with Gasteiger partial charge in [0.15, 0.2) is 5.17 Å². The van der Waals surface area contributed by atoms with E-state index < -0.39 is 0 Å². The summed E-state index contributed by atoms with van der Waals surface area (Å²) < 4.78 is 5.39. The maximum Gasteiger partial charge on any atom is 0.159 e. The predicted molar refractivity (Wildman–Crippen MR) is 88.7 cm³/mol. The molecule has 0 aliphatic carbocycles. The van der Waals surface area contributed by atoms with Gasteiger partial charge in [0.1, 0.15) is 0 Å². The number of nitrogens with zero attached hydrogens (tertiary/aromatic N) is 2. The van der Waals surface area contributed by atoms with E-state index in [0.29, 0.717) is 5.25 Å². The molecule has 2 aliphatic heterocycles. The van der Waals surface area contributed by atoms with Crippen LogP contribution in [-0.4, -0.2) is 53.9 Å². The summed E-state index contributed by atoms with van der Waals surface area (Å²) in [6, 6.07) is 10.7. The average molecular weight is 308 g/mol. The molecule has 0 unspecified atom stereocenters. The third-order valence-electron chi connectivity index (χ3n) is 3.40. The van der Waals surface area contributed by atoms with Crippen LogP contribution in [0.25, 0.3) is 0 Å². The highest BCUT2D eigenvalue weighted by Crippen LogP contribution is 2.27. The topological polar surface area (TPSA) is 24.8 Å². The first-order chi connectivity index (χ1) is 9.92. The first-order valence-corrected chi connectivity index (χ1v) is 9.11. The normalized spacial score (nSPS) is 22.9. The first kappa shape index (κ1) is 14.3. The van der Waals surface area contributed by atoms with Crippen LogP contribution in [0.15, 0.2) is 35.3 Å². The summed E-state index contributed by atoms with van der Waals surface area (Å²) in [7, 11) is 0. The summed E-state index contributed by atoms with van der Waals surface area (Å²) in [4.78, 5) is 7.07. The summed E-state index contributed by atoms with van der Waals surface area (Å²) in [6.07, 6.45) is 0. The lowest BCUT2D eigenvalue weighted by Crippen LogP contribution is -2.39. The Labute approximate surface area is 129 Å². The van der Waals surface area contributed by atoms with Crippen LogP contribution in [0.1, 0.15) is 5.56 Å². The maximum absolute atomic E-state index is 5.39. The standard InChI is InChI=1S/C15H20N2OS2/c1-2-4-13(5-3-1)11-19-12-14-10-16-15(20-14)17-6-8-18-9-7-17/h1-5,14H,6-12H2/t14-/m0/s1. The van der Waals surface area contributed by atoms with Crippen molar-refractivity contribution in [3.05, 3.63) is 35.9 Å². The van der Waals surface area contributed by atoms with Gasteiger partial charge in [-0.05, 0) is 5.56 Å². The highest BCUT2D eigenvalue weighted by atomic mass is 32.2. The number of hydrogen-bond acceptors (Lipinski definition) is 5. The second-order valence-corrected chi connectivity index (χ2v) is 7.26. The van der Waals surface area contributed by atoms with Crippen LogP contribution in [0.3, 0.4) is 0 Å². The molecule has 0 aromatic heterocycles.